The molecule has 124 valence electrons. The Bertz CT molecular complexity index is 743. The van der Waals surface area contributed by atoms with E-state index in [1.165, 1.54) is 6.92 Å². The highest BCUT2D eigenvalue weighted by Crippen LogP contribution is 2.15. The van der Waals surface area contributed by atoms with Crippen molar-refractivity contribution in [1.82, 2.24) is 5.32 Å². The molecule has 0 unspecified atom stereocenters. The smallest absolute Gasteiger partial charge is 0.258 e. The maximum Gasteiger partial charge on any atom is 0.258 e. The van der Waals surface area contributed by atoms with E-state index in [4.69, 9.17) is 4.74 Å². The number of carbonyl (C=O) groups excluding carboxylic acids is 3. The van der Waals surface area contributed by atoms with E-state index in [1.807, 2.05) is 6.07 Å². The summed E-state index contributed by atoms with van der Waals surface area (Å²) < 4.78 is 5.35. The Morgan fingerprint density at radius 3 is 2.67 bits per heavy atom. The van der Waals surface area contributed by atoms with Gasteiger partial charge in [0.2, 0.25) is 5.91 Å². The lowest BCUT2D eigenvalue weighted by molar-refractivity contribution is -0.123. The number of ether oxygens (including phenoxy) is 1. The fraction of sp³-hybridized carbons (Fsp3) is 0.167. The van der Waals surface area contributed by atoms with E-state index in [0.717, 1.165) is 5.56 Å². The van der Waals surface area contributed by atoms with Gasteiger partial charge in [-0.25, -0.2) is 0 Å². The zero-order valence-electron chi connectivity index (χ0n) is 13.2. The van der Waals surface area contributed by atoms with Gasteiger partial charge >= 0.3 is 0 Å². The molecule has 0 saturated carbocycles. The van der Waals surface area contributed by atoms with Crippen LogP contribution >= 0.6 is 0 Å². The van der Waals surface area contributed by atoms with Crippen LogP contribution in [0.15, 0.2) is 48.5 Å². The number of hydrogen-bond donors (Lipinski definition) is 2. The fourth-order valence-electron chi connectivity index (χ4n) is 2.07. The van der Waals surface area contributed by atoms with E-state index in [0.29, 0.717) is 29.8 Å². The minimum Gasteiger partial charge on any atom is -0.483 e. The number of para-hydroxylation sites is 1. The van der Waals surface area contributed by atoms with Crippen LogP contribution in [-0.2, 0) is 16.1 Å². The predicted octanol–water partition coefficient (Wildman–Crippen LogP) is 2.15. The lowest BCUT2D eigenvalue weighted by Crippen LogP contribution is -2.28. The highest BCUT2D eigenvalue weighted by Gasteiger charge is 2.06. The molecular weight excluding hydrogens is 308 g/mol. The molecule has 0 saturated heterocycles. The number of nitrogens with one attached hydrogen (secondary N) is 2. The summed E-state index contributed by atoms with van der Waals surface area (Å²) in [4.78, 5) is 33.8. The predicted molar refractivity (Wildman–Crippen MR) is 89.9 cm³/mol. The van der Waals surface area contributed by atoms with Crippen LogP contribution in [0.4, 0.5) is 5.69 Å². The van der Waals surface area contributed by atoms with Crippen LogP contribution < -0.4 is 15.4 Å². The van der Waals surface area contributed by atoms with Crippen LogP contribution in [0.5, 0.6) is 5.75 Å². The molecule has 2 N–H and O–H groups in total. The summed E-state index contributed by atoms with van der Waals surface area (Å²) in [5, 5.41) is 5.40. The van der Waals surface area contributed by atoms with E-state index in [-0.39, 0.29) is 18.4 Å². The maximum atomic E-state index is 11.9. The summed E-state index contributed by atoms with van der Waals surface area (Å²) in [7, 11) is 0. The van der Waals surface area contributed by atoms with Crippen molar-refractivity contribution < 1.29 is 19.1 Å². The third-order valence-corrected chi connectivity index (χ3v) is 3.14. The molecule has 0 aromatic heterocycles. The number of anilines is 1. The second-order valence-corrected chi connectivity index (χ2v) is 5.10. The van der Waals surface area contributed by atoms with Crippen LogP contribution in [0.3, 0.4) is 0 Å². The molecule has 6 nitrogen and oxygen atoms in total. The molecule has 0 bridgehead atoms. The number of rotatable bonds is 7. The quantitative estimate of drug-likeness (QED) is 0.764. The fourth-order valence-corrected chi connectivity index (χ4v) is 2.07. The summed E-state index contributed by atoms with van der Waals surface area (Å²) in [6.45, 7) is 1.56. The first-order chi connectivity index (χ1) is 11.6. The van der Waals surface area contributed by atoms with Gasteiger partial charge in [0.25, 0.3) is 5.91 Å². The van der Waals surface area contributed by atoms with Gasteiger partial charge in [-0.05, 0) is 29.8 Å². The van der Waals surface area contributed by atoms with Gasteiger partial charge in [-0.1, -0.05) is 24.3 Å². The third-order valence-electron chi connectivity index (χ3n) is 3.14. The van der Waals surface area contributed by atoms with Gasteiger partial charge < -0.3 is 15.4 Å². The Balaban J connectivity index is 1.85. The van der Waals surface area contributed by atoms with E-state index in [2.05, 4.69) is 10.6 Å². The molecule has 6 heteroatoms. The van der Waals surface area contributed by atoms with Crippen molar-refractivity contribution in [2.24, 2.45) is 0 Å². The summed E-state index contributed by atoms with van der Waals surface area (Å²) >= 11 is 0. The normalized spacial score (nSPS) is 9.88. The average Bonchev–Trinajstić information content (AvgIpc) is 2.58. The highest BCUT2D eigenvalue weighted by atomic mass is 16.5. The topological polar surface area (TPSA) is 84.5 Å². The van der Waals surface area contributed by atoms with Crippen LogP contribution in [0.25, 0.3) is 0 Å². The van der Waals surface area contributed by atoms with Gasteiger partial charge in [-0.15, -0.1) is 0 Å². The van der Waals surface area contributed by atoms with Crippen molar-refractivity contribution in [3.63, 3.8) is 0 Å². The Kier molecular flexibility index (Phi) is 6.08. The zero-order valence-corrected chi connectivity index (χ0v) is 13.2. The van der Waals surface area contributed by atoms with Crippen molar-refractivity contribution >= 4 is 23.8 Å². The first-order valence-electron chi connectivity index (χ1n) is 7.38. The van der Waals surface area contributed by atoms with Crippen molar-refractivity contribution in [2.75, 3.05) is 11.9 Å². The summed E-state index contributed by atoms with van der Waals surface area (Å²) in [5.74, 6) is -0.0885. The highest BCUT2D eigenvalue weighted by molar-refractivity contribution is 5.88. The lowest BCUT2D eigenvalue weighted by atomic mass is 10.2. The first kappa shape index (κ1) is 17.2. The molecule has 0 aliphatic heterocycles. The zero-order chi connectivity index (χ0) is 17.4. The Labute approximate surface area is 139 Å². The van der Waals surface area contributed by atoms with Crippen LogP contribution in [0.1, 0.15) is 22.8 Å². The molecule has 0 fully saturated rings. The lowest BCUT2D eigenvalue weighted by Gasteiger charge is -2.10. The van der Waals surface area contributed by atoms with Crippen molar-refractivity contribution in [2.45, 2.75) is 13.5 Å². The van der Waals surface area contributed by atoms with Gasteiger partial charge in [-0.3, -0.25) is 14.4 Å². The van der Waals surface area contributed by atoms with Gasteiger partial charge in [-0.2, -0.15) is 0 Å². The van der Waals surface area contributed by atoms with Gasteiger partial charge in [0, 0.05) is 19.2 Å². The molecule has 0 aliphatic rings. The summed E-state index contributed by atoms with van der Waals surface area (Å²) in [6, 6.07) is 13.9. The number of aldehydes is 1. The SMILES string of the molecule is CC(=O)Nc1cccc(CNC(=O)COc2ccccc2C=O)c1. The first-order valence-corrected chi connectivity index (χ1v) is 7.38. The van der Waals surface area contributed by atoms with Gasteiger partial charge in [0.15, 0.2) is 12.9 Å². The molecule has 0 atom stereocenters. The molecule has 2 rings (SSSR count). The van der Waals surface area contributed by atoms with E-state index >= 15 is 0 Å². The van der Waals surface area contributed by atoms with Crippen LogP contribution in [-0.4, -0.2) is 24.7 Å². The molecule has 24 heavy (non-hydrogen) atoms. The molecule has 0 heterocycles. The average molecular weight is 326 g/mol. The van der Waals surface area contributed by atoms with Crippen LogP contribution in [0.2, 0.25) is 0 Å². The maximum absolute atomic E-state index is 11.9. The molecule has 0 aliphatic carbocycles. The largest absolute Gasteiger partial charge is 0.483 e. The number of amides is 2. The number of carbonyl (C=O) groups is 3. The van der Waals surface area contributed by atoms with Crippen molar-refractivity contribution in [3.05, 3.63) is 59.7 Å². The van der Waals surface area contributed by atoms with Crippen molar-refractivity contribution in [3.8, 4) is 5.75 Å². The minimum atomic E-state index is -0.305. The molecule has 2 aromatic rings. The second-order valence-electron chi connectivity index (χ2n) is 5.10. The molecule has 0 radical (unpaired) electrons. The third kappa shape index (κ3) is 5.24. The molecular formula is C18H18N2O4. The summed E-state index contributed by atoms with van der Waals surface area (Å²) in [5.41, 5.74) is 1.92. The molecule has 0 spiro atoms. The standard InChI is InChI=1S/C18H18N2O4/c1-13(22)20-16-7-4-5-14(9-16)10-19-18(23)12-24-17-8-3-2-6-15(17)11-21/h2-9,11H,10,12H2,1H3,(H,19,23)(H,20,22). The number of hydrogen-bond acceptors (Lipinski definition) is 4. The van der Waals surface area contributed by atoms with Crippen molar-refractivity contribution in [1.29, 1.82) is 0 Å². The Morgan fingerprint density at radius 2 is 1.92 bits per heavy atom. The number of benzene rings is 2. The monoisotopic (exact) mass is 326 g/mol. The second kappa shape index (κ2) is 8.47. The van der Waals surface area contributed by atoms with E-state index < -0.39 is 0 Å². The van der Waals surface area contributed by atoms with Gasteiger partial charge in [0.05, 0.1) is 5.56 Å². The van der Waals surface area contributed by atoms with E-state index in [9.17, 15) is 14.4 Å². The summed E-state index contributed by atoms with van der Waals surface area (Å²) in [6.07, 6.45) is 0.681. The van der Waals surface area contributed by atoms with Gasteiger partial charge in [0.1, 0.15) is 5.75 Å². The van der Waals surface area contributed by atoms with Crippen LogP contribution in [0, 0.1) is 0 Å². The molecule has 2 amide bonds. The van der Waals surface area contributed by atoms with E-state index in [1.54, 1.807) is 42.5 Å². The molecule has 2 aromatic carbocycles. The Morgan fingerprint density at radius 1 is 1.12 bits per heavy atom. The Hall–Kier alpha value is -3.15. The minimum absolute atomic E-state index is 0.154.